The molecule has 2 aromatic carbocycles. The van der Waals surface area contributed by atoms with Gasteiger partial charge in [0.2, 0.25) is 5.75 Å². The van der Waals surface area contributed by atoms with E-state index in [1.54, 1.807) is 49.5 Å². The first-order chi connectivity index (χ1) is 18.9. The normalized spacial score (nSPS) is 16.5. The van der Waals surface area contributed by atoms with Gasteiger partial charge in [-0.2, -0.15) is 9.78 Å². The fourth-order valence-electron chi connectivity index (χ4n) is 4.92. The molecule has 39 heavy (non-hydrogen) atoms. The van der Waals surface area contributed by atoms with Crippen molar-refractivity contribution >= 4 is 35.1 Å². The Kier molecular flexibility index (Phi) is 8.71. The highest BCUT2D eigenvalue weighted by Crippen LogP contribution is 2.31. The minimum absolute atomic E-state index is 0.0327. The quantitative estimate of drug-likeness (QED) is 0.218. The van der Waals surface area contributed by atoms with Crippen LogP contribution in [0.1, 0.15) is 36.8 Å². The Morgan fingerprint density at radius 2 is 1.92 bits per heavy atom. The zero-order valence-electron chi connectivity index (χ0n) is 21.7. The molecule has 2 heterocycles. The van der Waals surface area contributed by atoms with Crippen LogP contribution in [0.3, 0.4) is 0 Å². The number of nitrogens with one attached hydrogen (secondary N) is 1. The third-order valence-corrected chi connectivity index (χ3v) is 8.21. The maximum absolute atomic E-state index is 13.6. The van der Waals surface area contributed by atoms with Crippen molar-refractivity contribution in [2.24, 2.45) is 0 Å². The van der Waals surface area contributed by atoms with Crippen LogP contribution in [-0.2, 0) is 6.54 Å². The summed E-state index contributed by atoms with van der Waals surface area (Å²) < 4.78 is 13.2. The molecule has 0 radical (unpaired) electrons. The zero-order chi connectivity index (χ0) is 27.4. The van der Waals surface area contributed by atoms with E-state index in [1.165, 1.54) is 16.8 Å². The smallest absolute Gasteiger partial charge is 0.316 e. The Morgan fingerprint density at radius 1 is 1.15 bits per heavy atom. The Morgan fingerprint density at radius 3 is 2.64 bits per heavy atom. The lowest BCUT2D eigenvalue weighted by Gasteiger charge is -2.35. The Labute approximate surface area is 236 Å². The van der Waals surface area contributed by atoms with Gasteiger partial charge in [0.1, 0.15) is 5.69 Å². The number of nitrogens with zero attached hydrogens (tertiary/aromatic N) is 5. The summed E-state index contributed by atoms with van der Waals surface area (Å²) in [5, 5.41) is 16.2. The van der Waals surface area contributed by atoms with Gasteiger partial charge in [-0.3, -0.25) is 14.9 Å². The van der Waals surface area contributed by atoms with E-state index in [2.05, 4.69) is 19.0 Å². The van der Waals surface area contributed by atoms with E-state index >= 15 is 0 Å². The summed E-state index contributed by atoms with van der Waals surface area (Å²) in [6, 6.07) is 12.4. The lowest BCUT2D eigenvalue weighted by molar-refractivity contribution is -0.385. The van der Waals surface area contributed by atoms with Crippen LogP contribution in [0.4, 0.5) is 11.4 Å². The molecule has 206 valence electrons. The van der Waals surface area contributed by atoms with E-state index in [0.717, 1.165) is 50.0 Å². The number of aromatic nitrogens is 2. The number of nitro benzene ring substituents is 1. The third-order valence-electron chi connectivity index (χ3n) is 7.07. The summed E-state index contributed by atoms with van der Waals surface area (Å²) in [7, 11) is 0. The van der Waals surface area contributed by atoms with E-state index in [0.29, 0.717) is 41.7 Å². The predicted molar refractivity (Wildman–Crippen MR) is 154 cm³/mol. The number of piperazine rings is 1. The summed E-state index contributed by atoms with van der Waals surface area (Å²) in [5.41, 5.74) is 2.68. The van der Waals surface area contributed by atoms with Crippen LogP contribution in [0.25, 0.3) is 5.69 Å². The first-order valence-electron chi connectivity index (χ1n) is 13.1. The van der Waals surface area contributed by atoms with Crippen LogP contribution in [0.2, 0.25) is 5.02 Å². The number of rotatable bonds is 9. The van der Waals surface area contributed by atoms with E-state index in [9.17, 15) is 14.9 Å². The van der Waals surface area contributed by atoms with Crippen molar-refractivity contribution in [1.82, 2.24) is 18.8 Å². The highest BCUT2D eigenvalue weighted by Gasteiger charge is 2.27. The number of aryl methyl sites for hydroxylation is 1. The van der Waals surface area contributed by atoms with E-state index in [1.807, 2.05) is 6.07 Å². The van der Waals surface area contributed by atoms with Gasteiger partial charge in [-0.1, -0.05) is 29.8 Å². The van der Waals surface area contributed by atoms with Crippen LogP contribution < -0.4 is 19.9 Å². The van der Waals surface area contributed by atoms with Crippen molar-refractivity contribution in [2.45, 2.75) is 45.3 Å². The third kappa shape index (κ3) is 6.55. The van der Waals surface area contributed by atoms with Crippen molar-refractivity contribution in [3.63, 3.8) is 0 Å². The molecule has 2 fully saturated rings. The molecule has 1 aromatic heterocycles. The van der Waals surface area contributed by atoms with Crippen LogP contribution >= 0.6 is 23.7 Å². The molecule has 0 atom stereocenters. The average molecular weight is 571 g/mol. The minimum atomic E-state index is -0.349. The molecule has 0 spiro atoms. The molecule has 1 saturated heterocycles. The summed E-state index contributed by atoms with van der Waals surface area (Å²) >= 11 is 7.67. The molecule has 1 N–H and O–H groups in total. The molecular formula is C27H31ClN6O4S. The Bertz CT molecular complexity index is 1390. The van der Waals surface area contributed by atoms with Crippen LogP contribution in [-0.4, -0.2) is 51.3 Å². The van der Waals surface area contributed by atoms with Gasteiger partial charge in [0.15, 0.2) is 0 Å². The second-order valence-corrected chi connectivity index (χ2v) is 11.2. The summed E-state index contributed by atoms with van der Waals surface area (Å²) in [6.45, 7) is 5.17. The topological polar surface area (TPSA) is 106 Å². The number of ether oxygens (including phenoxy) is 1. The van der Waals surface area contributed by atoms with Crippen molar-refractivity contribution in [3.05, 3.63) is 85.3 Å². The Hall–Kier alpha value is -3.12. The first-order valence-corrected chi connectivity index (χ1v) is 14.2. The van der Waals surface area contributed by atoms with E-state index in [4.69, 9.17) is 16.3 Å². The molecule has 1 aliphatic heterocycles. The summed E-state index contributed by atoms with van der Waals surface area (Å²) in [6.07, 6.45) is 5.85. The molecule has 12 heteroatoms. The number of hydrogen-bond acceptors (Lipinski definition) is 9. The molecular weight excluding hydrogens is 540 g/mol. The fourth-order valence-corrected chi connectivity index (χ4v) is 5.86. The molecule has 0 unspecified atom stereocenters. The van der Waals surface area contributed by atoms with Gasteiger partial charge in [-0.25, -0.2) is 9.03 Å². The predicted octanol–water partition coefficient (Wildman–Crippen LogP) is 4.90. The zero-order valence-corrected chi connectivity index (χ0v) is 23.3. The van der Waals surface area contributed by atoms with E-state index < -0.39 is 0 Å². The van der Waals surface area contributed by atoms with Gasteiger partial charge in [-0.05, 0) is 56.4 Å². The van der Waals surface area contributed by atoms with Crippen molar-refractivity contribution in [3.8, 4) is 11.4 Å². The van der Waals surface area contributed by atoms with Crippen molar-refractivity contribution < 1.29 is 9.66 Å². The SMILES string of the molecule is Cc1ccc(CNSN2CCN(c3cnn(-c4cccc(Cl)c4)c(=O)c3OC3CCCC3)CC2)cc1[N+](=O)[O-]. The van der Waals surface area contributed by atoms with Crippen LogP contribution in [0, 0.1) is 17.0 Å². The molecule has 2 aliphatic rings. The number of benzene rings is 2. The maximum Gasteiger partial charge on any atom is 0.316 e. The average Bonchev–Trinajstić information content (AvgIpc) is 3.44. The number of hydrogen-bond donors (Lipinski definition) is 1. The Balaban J connectivity index is 1.25. The summed E-state index contributed by atoms with van der Waals surface area (Å²) in [4.78, 5) is 26.6. The molecule has 1 saturated carbocycles. The molecule has 0 bridgehead atoms. The molecule has 0 amide bonds. The largest absolute Gasteiger partial charge is 0.483 e. The number of anilines is 1. The standard InChI is InChI=1S/C27H31ClN6O4S/c1-19-9-10-20(15-24(19)34(36)37)17-30-39-32-13-11-31(12-14-32)25-18-29-33(22-6-4-5-21(28)16-22)27(35)26(25)38-23-7-2-3-8-23/h4-6,9-10,15-16,18,23,30H,2-3,7-8,11-14,17H2,1H3. The molecule has 3 aromatic rings. The molecule has 10 nitrogen and oxygen atoms in total. The first kappa shape index (κ1) is 27.4. The van der Waals surface area contributed by atoms with E-state index in [-0.39, 0.29) is 22.3 Å². The van der Waals surface area contributed by atoms with Gasteiger partial charge >= 0.3 is 5.56 Å². The fraction of sp³-hybridized carbons (Fsp3) is 0.407. The minimum Gasteiger partial charge on any atom is -0.483 e. The number of nitro groups is 1. The lowest BCUT2D eigenvalue weighted by atomic mass is 10.1. The molecule has 1 aliphatic carbocycles. The van der Waals surface area contributed by atoms with Gasteiger partial charge in [0.25, 0.3) is 5.69 Å². The highest BCUT2D eigenvalue weighted by atomic mass is 35.5. The number of halogens is 1. The van der Waals surface area contributed by atoms with Gasteiger partial charge in [0, 0.05) is 61.5 Å². The van der Waals surface area contributed by atoms with Crippen molar-refractivity contribution in [2.75, 3.05) is 31.1 Å². The second kappa shape index (κ2) is 12.4. The van der Waals surface area contributed by atoms with Crippen LogP contribution in [0.15, 0.2) is 53.5 Å². The lowest BCUT2D eigenvalue weighted by Crippen LogP contribution is -2.45. The van der Waals surface area contributed by atoms with Crippen LogP contribution in [0.5, 0.6) is 5.75 Å². The van der Waals surface area contributed by atoms with Gasteiger partial charge in [0.05, 0.1) is 22.9 Å². The molecule has 5 rings (SSSR count). The maximum atomic E-state index is 13.6. The second-order valence-electron chi connectivity index (χ2n) is 9.79. The monoisotopic (exact) mass is 570 g/mol. The van der Waals surface area contributed by atoms with Gasteiger partial charge in [-0.15, -0.1) is 0 Å². The highest BCUT2D eigenvalue weighted by molar-refractivity contribution is 7.95. The van der Waals surface area contributed by atoms with Crippen molar-refractivity contribution in [1.29, 1.82) is 0 Å². The summed E-state index contributed by atoms with van der Waals surface area (Å²) in [5.74, 6) is 0.345. The van der Waals surface area contributed by atoms with Gasteiger partial charge < -0.3 is 9.64 Å².